The number of hydrogen-bond acceptors (Lipinski definition) is 2. The lowest BCUT2D eigenvalue weighted by Crippen LogP contribution is -2.37. The summed E-state index contributed by atoms with van der Waals surface area (Å²) in [6.07, 6.45) is 4.15. The summed E-state index contributed by atoms with van der Waals surface area (Å²) in [5, 5.41) is 3.53. The van der Waals surface area contributed by atoms with Gasteiger partial charge in [0.25, 0.3) is 0 Å². The molecule has 1 atom stereocenters. The molecule has 2 nitrogen and oxygen atoms in total. The standard InChI is InChI=1S/C10H20N2/c1-9-3-7-12(8-6-11-9)10(2)4-5-10/h9,11H,3-8H2,1-2H3. The molecular formula is C10H20N2. The van der Waals surface area contributed by atoms with Crippen molar-refractivity contribution in [3.05, 3.63) is 0 Å². The van der Waals surface area contributed by atoms with Gasteiger partial charge >= 0.3 is 0 Å². The third-order valence-electron chi connectivity index (χ3n) is 3.44. The second kappa shape index (κ2) is 3.00. The van der Waals surface area contributed by atoms with E-state index in [1.165, 1.54) is 38.9 Å². The van der Waals surface area contributed by atoms with E-state index in [0.717, 1.165) is 6.04 Å². The van der Waals surface area contributed by atoms with Gasteiger partial charge in [0.15, 0.2) is 0 Å². The number of rotatable bonds is 1. The molecule has 2 fully saturated rings. The number of nitrogens with one attached hydrogen (secondary N) is 1. The topological polar surface area (TPSA) is 15.3 Å². The molecule has 0 aromatic rings. The van der Waals surface area contributed by atoms with Crippen LogP contribution in [0.1, 0.15) is 33.1 Å². The highest BCUT2D eigenvalue weighted by Crippen LogP contribution is 2.41. The summed E-state index contributed by atoms with van der Waals surface area (Å²) in [6.45, 7) is 8.42. The van der Waals surface area contributed by atoms with Crippen LogP contribution in [0.25, 0.3) is 0 Å². The van der Waals surface area contributed by atoms with Crippen LogP contribution in [0, 0.1) is 0 Å². The molecule has 1 aliphatic heterocycles. The summed E-state index contributed by atoms with van der Waals surface area (Å²) in [6, 6.07) is 0.720. The molecule has 1 saturated heterocycles. The van der Waals surface area contributed by atoms with Crippen LogP contribution in [0.2, 0.25) is 0 Å². The third-order valence-corrected chi connectivity index (χ3v) is 3.44. The number of hydrogen-bond donors (Lipinski definition) is 1. The minimum absolute atomic E-state index is 0.589. The average molecular weight is 168 g/mol. The van der Waals surface area contributed by atoms with Gasteiger partial charge in [-0.3, -0.25) is 4.90 Å². The quantitative estimate of drug-likeness (QED) is 0.633. The molecule has 2 rings (SSSR count). The lowest BCUT2D eigenvalue weighted by molar-refractivity contribution is 0.203. The molecule has 1 N–H and O–H groups in total. The molecule has 1 heterocycles. The van der Waals surface area contributed by atoms with Crippen LogP contribution in [-0.4, -0.2) is 36.1 Å². The fourth-order valence-corrected chi connectivity index (χ4v) is 2.05. The van der Waals surface area contributed by atoms with Crippen LogP contribution < -0.4 is 5.32 Å². The van der Waals surface area contributed by atoms with Crippen molar-refractivity contribution in [2.75, 3.05) is 19.6 Å². The molecule has 1 unspecified atom stereocenters. The third kappa shape index (κ3) is 1.64. The van der Waals surface area contributed by atoms with Gasteiger partial charge in [0.2, 0.25) is 0 Å². The predicted octanol–water partition coefficient (Wildman–Crippen LogP) is 1.22. The second-order valence-electron chi connectivity index (χ2n) is 4.63. The lowest BCUT2D eigenvalue weighted by atomic mass is 10.2. The maximum absolute atomic E-state index is 3.53. The number of nitrogens with zero attached hydrogens (tertiary/aromatic N) is 1. The lowest BCUT2D eigenvalue weighted by Gasteiger charge is -2.26. The first kappa shape index (κ1) is 8.52. The van der Waals surface area contributed by atoms with Crippen LogP contribution in [0.15, 0.2) is 0 Å². The fraction of sp³-hybridized carbons (Fsp3) is 1.00. The molecule has 70 valence electrons. The van der Waals surface area contributed by atoms with E-state index in [0.29, 0.717) is 5.54 Å². The Morgan fingerprint density at radius 2 is 2.08 bits per heavy atom. The van der Waals surface area contributed by atoms with Crippen molar-refractivity contribution in [3.8, 4) is 0 Å². The zero-order chi connectivity index (χ0) is 8.60. The van der Waals surface area contributed by atoms with Crippen LogP contribution >= 0.6 is 0 Å². The molecule has 1 saturated carbocycles. The average Bonchev–Trinajstić information content (AvgIpc) is 2.77. The van der Waals surface area contributed by atoms with Crippen LogP contribution in [-0.2, 0) is 0 Å². The van der Waals surface area contributed by atoms with Crippen molar-refractivity contribution in [1.29, 1.82) is 0 Å². The molecular weight excluding hydrogens is 148 g/mol. The van der Waals surface area contributed by atoms with Gasteiger partial charge in [0.05, 0.1) is 0 Å². The van der Waals surface area contributed by atoms with Gasteiger partial charge in [-0.1, -0.05) is 0 Å². The Morgan fingerprint density at radius 3 is 2.75 bits per heavy atom. The van der Waals surface area contributed by atoms with Gasteiger partial charge in [0.1, 0.15) is 0 Å². The monoisotopic (exact) mass is 168 g/mol. The van der Waals surface area contributed by atoms with Crippen molar-refractivity contribution in [2.45, 2.75) is 44.7 Å². The van der Waals surface area contributed by atoms with Gasteiger partial charge in [-0.25, -0.2) is 0 Å². The van der Waals surface area contributed by atoms with Crippen LogP contribution in [0.5, 0.6) is 0 Å². The largest absolute Gasteiger partial charge is 0.313 e. The molecule has 0 spiro atoms. The predicted molar refractivity (Wildman–Crippen MR) is 51.3 cm³/mol. The molecule has 1 aliphatic carbocycles. The second-order valence-corrected chi connectivity index (χ2v) is 4.63. The van der Waals surface area contributed by atoms with Crippen molar-refractivity contribution in [1.82, 2.24) is 10.2 Å². The molecule has 0 aromatic carbocycles. The van der Waals surface area contributed by atoms with E-state index < -0.39 is 0 Å². The Labute approximate surface area is 75.3 Å². The van der Waals surface area contributed by atoms with Crippen LogP contribution in [0.3, 0.4) is 0 Å². The van der Waals surface area contributed by atoms with Crippen molar-refractivity contribution in [2.24, 2.45) is 0 Å². The highest BCUT2D eigenvalue weighted by Gasteiger charge is 2.42. The fourth-order valence-electron chi connectivity index (χ4n) is 2.05. The minimum atomic E-state index is 0.589. The Kier molecular flexibility index (Phi) is 2.13. The zero-order valence-electron chi connectivity index (χ0n) is 8.27. The SMILES string of the molecule is CC1CCN(C2(C)CC2)CCN1. The van der Waals surface area contributed by atoms with Gasteiger partial charge in [-0.05, 0) is 33.1 Å². The maximum Gasteiger partial charge on any atom is 0.0183 e. The summed E-state index contributed by atoms with van der Waals surface area (Å²) in [5.74, 6) is 0. The molecule has 0 radical (unpaired) electrons. The van der Waals surface area contributed by atoms with Gasteiger partial charge < -0.3 is 5.32 Å². The van der Waals surface area contributed by atoms with Crippen molar-refractivity contribution in [3.63, 3.8) is 0 Å². The van der Waals surface area contributed by atoms with Crippen molar-refractivity contribution < 1.29 is 0 Å². The van der Waals surface area contributed by atoms with Gasteiger partial charge in [-0.15, -0.1) is 0 Å². The summed E-state index contributed by atoms with van der Waals surface area (Å²) >= 11 is 0. The van der Waals surface area contributed by atoms with Crippen molar-refractivity contribution >= 4 is 0 Å². The molecule has 0 bridgehead atoms. The van der Waals surface area contributed by atoms with E-state index in [9.17, 15) is 0 Å². The summed E-state index contributed by atoms with van der Waals surface area (Å²) in [5.41, 5.74) is 0.589. The molecule has 0 aromatic heterocycles. The molecule has 12 heavy (non-hydrogen) atoms. The summed E-state index contributed by atoms with van der Waals surface area (Å²) in [7, 11) is 0. The Morgan fingerprint density at radius 1 is 1.33 bits per heavy atom. The van der Waals surface area contributed by atoms with Gasteiger partial charge in [-0.2, -0.15) is 0 Å². The zero-order valence-corrected chi connectivity index (χ0v) is 8.27. The highest BCUT2D eigenvalue weighted by atomic mass is 15.2. The van der Waals surface area contributed by atoms with E-state index >= 15 is 0 Å². The van der Waals surface area contributed by atoms with E-state index in [2.05, 4.69) is 24.1 Å². The van der Waals surface area contributed by atoms with Crippen LogP contribution in [0.4, 0.5) is 0 Å². The summed E-state index contributed by atoms with van der Waals surface area (Å²) in [4.78, 5) is 2.67. The van der Waals surface area contributed by atoms with E-state index in [1.807, 2.05) is 0 Å². The Hall–Kier alpha value is -0.0800. The van der Waals surface area contributed by atoms with Gasteiger partial charge in [0, 0.05) is 31.2 Å². The first-order valence-electron chi connectivity index (χ1n) is 5.19. The molecule has 2 heteroatoms. The Bertz CT molecular complexity index is 163. The highest BCUT2D eigenvalue weighted by molar-refractivity contribution is 5.00. The first-order chi connectivity index (χ1) is 5.71. The minimum Gasteiger partial charge on any atom is -0.313 e. The first-order valence-corrected chi connectivity index (χ1v) is 5.19. The van der Waals surface area contributed by atoms with E-state index in [4.69, 9.17) is 0 Å². The normalized spacial score (nSPS) is 36.0. The Balaban J connectivity index is 1.90. The van der Waals surface area contributed by atoms with E-state index in [1.54, 1.807) is 0 Å². The maximum atomic E-state index is 3.53. The summed E-state index contributed by atoms with van der Waals surface area (Å²) < 4.78 is 0. The smallest absolute Gasteiger partial charge is 0.0183 e. The molecule has 2 aliphatic rings. The molecule has 0 amide bonds. The van der Waals surface area contributed by atoms with E-state index in [-0.39, 0.29) is 0 Å².